The van der Waals surface area contributed by atoms with Gasteiger partial charge in [0.25, 0.3) is 0 Å². The standard InChI is InChI=1S/C16H19NO2/c1-12(17-16(18)11-19-2)9-13-7-8-14-5-3-4-6-15(14)10-13/h3-8,10,12H,9,11H2,1-2H3,(H,17,18)/t12-/m0/s1. The second kappa shape index (κ2) is 6.34. The second-order valence-electron chi connectivity index (χ2n) is 4.79. The summed E-state index contributed by atoms with van der Waals surface area (Å²) >= 11 is 0. The van der Waals surface area contributed by atoms with E-state index < -0.39 is 0 Å². The lowest BCUT2D eigenvalue weighted by Crippen LogP contribution is -2.36. The van der Waals surface area contributed by atoms with Gasteiger partial charge in [-0.1, -0.05) is 42.5 Å². The lowest BCUT2D eigenvalue weighted by atomic mass is 10.0. The van der Waals surface area contributed by atoms with Crippen LogP contribution in [0.25, 0.3) is 10.8 Å². The van der Waals surface area contributed by atoms with Gasteiger partial charge in [-0.15, -0.1) is 0 Å². The van der Waals surface area contributed by atoms with E-state index >= 15 is 0 Å². The molecule has 2 aromatic carbocycles. The summed E-state index contributed by atoms with van der Waals surface area (Å²) in [5.41, 5.74) is 1.23. The van der Waals surface area contributed by atoms with E-state index in [0.717, 1.165) is 6.42 Å². The zero-order valence-electron chi connectivity index (χ0n) is 11.3. The minimum absolute atomic E-state index is 0.0733. The van der Waals surface area contributed by atoms with Crippen LogP contribution in [0.2, 0.25) is 0 Å². The van der Waals surface area contributed by atoms with Gasteiger partial charge in [-0.2, -0.15) is 0 Å². The Morgan fingerprint density at radius 2 is 1.95 bits per heavy atom. The number of benzene rings is 2. The first-order valence-electron chi connectivity index (χ1n) is 6.45. The summed E-state index contributed by atoms with van der Waals surface area (Å²) in [5, 5.41) is 5.38. The van der Waals surface area contributed by atoms with E-state index in [-0.39, 0.29) is 18.6 Å². The molecule has 0 unspecified atom stereocenters. The molecule has 0 radical (unpaired) electrons. The third-order valence-electron chi connectivity index (χ3n) is 3.04. The first-order valence-corrected chi connectivity index (χ1v) is 6.45. The SMILES string of the molecule is COCC(=O)N[C@@H](C)Cc1ccc2ccccc2c1. The highest BCUT2D eigenvalue weighted by atomic mass is 16.5. The van der Waals surface area contributed by atoms with Crippen LogP contribution in [0, 0.1) is 0 Å². The largest absolute Gasteiger partial charge is 0.375 e. The summed E-state index contributed by atoms with van der Waals surface area (Å²) in [6.07, 6.45) is 0.820. The number of carbonyl (C=O) groups is 1. The van der Waals surface area contributed by atoms with Gasteiger partial charge in [0.1, 0.15) is 6.61 Å². The van der Waals surface area contributed by atoms with Crippen molar-refractivity contribution in [3.8, 4) is 0 Å². The van der Waals surface area contributed by atoms with Crippen molar-refractivity contribution in [3.05, 3.63) is 48.0 Å². The van der Waals surface area contributed by atoms with Crippen molar-refractivity contribution in [2.45, 2.75) is 19.4 Å². The Kier molecular flexibility index (Phi) is 4.53. The highest BCUT2D eigenvalue weighted by Gasteiger charge is 2.08. The van der Waals surface area contributed by atoms with Gasteiger partial charge in [-0.25, -0.2) is 0 Å². The van der Waals surface area contributed by atoms with Crippen molar-refractivity contribution in [2.24, 2.45) is 0 Å². The molecular weight excluding hydrogens is 238 g/mol. The predicted octanol–water partition coefficient (Wildman–Crippen LogP) is 2.53. The van der Waals surface area contributed by atoms with E-state index in [2.05, 4.69) is 35.6 Å². The minimum atomic E-state index is -0.0733. The van der Waals surface area contributed by atoms with Crippen molar-refractivity contribution < 1.29 is 9.53 Å². The topological polar surface area (TPSA) is 38.3 Å². The summed E-state index contributed by atoms with van der Waals surface area (Å²) < 4.78 is 4.80. The summed E-state index contributed by atoms with van der Waals surface area (Å²) in [6, 6.07) is 14.8. The first-order chi connectivity index (χ1) is 9.19. The normalized spacial score (nSPS) is 12.3. The van der Waals surface area contributed by atoms with E-state index in [1.165, 1.54) is 23.4 Å². The average Bonchev–Trinajstić information content (AvgIpc) is 2.38. The van der Waals surface area contributed by atoms with Gasteiger partial charge in [0.15, 0.2) is 0 Å². The van der Waals surface area contributed by atoms with Gasteiger partial charge < -0.3 is 10.1 Å². The fourth-order valence-corrected chi connectivity index (χ4v) is 2.22. The van der Waals surface area contributed by atoms with Gasteiger partial charge in [0.05, 0.1) is 0 Å². The van der Waals surface area contributed by atoms with Gasteiger partial charge >= 0.3 is 0 Å². The Morgan fingerprint density at radius 3 is 2.68 bits per heavy atom. The van der Waals surface area contributed by atoms with Crippen LogP contribution < -0.4 is 5.32 Å². The molecule has 0 saturated heterocycles. The van der Waals surface area contributed by atoms with E-state index in [1.54, 1.807) is 0 Å². The quantitative estimate of drug-likeness (QED) is 0.894. The predicted molar refractivity (Wildman–Crippen MR) is 77.1 cm³/mol. The van der Waals surface area contributed by atoms with Crippen molar-refractivity contribution in [2.75, 3.05) is 13.7 Å². The minimum Gasteiger partial charge on any atom is -0.375 e. The van der Waals surface area contributed by atoms with Crippen LogP contribution in [-0.4, -0.2) is 25.7 Å². The van der Waals surface area contributed by atoms with Crippen LogP contribution in [-0.2, 0) is 16.0 Å². The maximum atomic E-state index is 11.4. The fourth-order valence-electron chi connectivity index (χ4n) is 2.22. The third kappa shape index (κ3) is 3.80. The number of ether oxygens (including phenoxy) is 1. The molecule has 0 aromatic heterocycles. The van der Waals surface area contributed by atoms with E-state index in [1.807, 2.05) is 19.1 Å². The van der Waals surface area contributed by atoms with Gasteiger partial charge in [-0.3, -0.25) is 4.79 Å². The number of amides is 1. The molecule has 19 heavy (non-hydrogen) atoms. The van der Waals surface area contributed by atoms with E-state index in [0.29, 0.717) is 0 Å². The molecule has 0 aliphatic rings. The summed E-state index contributed by atoms with van der Waals surface area (Å²) in [6.45, 7) is 2.12. The summed E-state index contributed by atoms with van der Waals surface area (Å²) in [4.78, 5) is 11.4. The van der Waals surface area contributed by atoms with Crippen LogP contribution in [0.4, 0.5) is 0 Å². The van der Waals surface area contributed by atoms with Crippen LogP contribution in [0.5, 0.6) is 0 Å². The number of fused-ring (bicyclic) bond motifs is 1. The molecule has 100 valence electrons. The molecule has 1 atom stereocenters. The number of rotatable bonds is 5. The molecule has 0 bridgehead atoms. The molecule has 2 rings (SSSR count). The van der Waals surface area contributed by atoms with E-state index in [9.17, 15) is 4.79 Å². The summed E-state index contributed by atoms with van der Waals surface area (Å²) in [7, 11) is 1.52. The van der Waals surface area contributed by atoms with Crippen molar-refractivity contribution in [3.63, 3.8) is 0 Å². The van der Waals surface area contributed by atoms with Crippen molar-refractivity contribution in [1.29, 1.82) is 0 Å². The Hall–Kier alpha value is -1.87. The maximum absolute atomic E-state index is 11.4. The molecule has 1 amide bonds. The summed E-state index contributed by atoms with van der Waals surface area (Å²) in [5.74, 6) is -0.0733. The molecule has 1 N–H and O–H groups in total. The molecule has 2 aromatic rings. The highest BCUT2D eigenvalue weighted by Crippen LogP contribution is 2.16. The number of hydrogen-bond donors (Lipinski definition) is 1. The molecule has 0 fully saturated rings. The number of nitrogens with one attached hydrogen (secondary N) is 1. The van der Waals surface area contributed by atoms with Gasteiger partial charge in [0.2, 0.25) is 5.91 Å². The Morgan fingerprint density at radius 1 is 1.21 bits per heavy atom. The lowest BCUT2D eigenvalue weighted by Gasteiger charge is -2.14. The van der Waals surface area contributed by atoms with Gasteiger partial charge in [-0.05, 0) is 29.7 Å². The first kappa shape index (κ1) is 13.6. The smallest absolute Gasteiger partial charge is 0.246 e. The molecule has 3 heteroatoms. The molecule has 0 aliphatic heterocycles. The van der Waals surface area contributed by atoms with Crippen molar-refractivity contribution in [1.82, 2.24) is 5.32 Å². The Labute approximate surface area is 113 Å². The van der Waals surface area contributed by atoms with Crippen LogP contribution in [0.15, 0.2) is 42.5 Å². The number of hydrogen-bond acceptors (Lipinski definition) is 2. The number of methoxy groups -OCH3 is 1. The molecular formula is C16H19NO2. The third-order valence-corrected chi connectivity index (χ3v) is 3.04. The fraction of sp³-hybridized carbons (Fsp3) is 0.312. The van der Waals surface area contributed by atoms with E-state index in [4.69, 9.17) is 4.74 Å². The molecule has 0 heterocycles. The monoisotopic (exact) mass is 257 g/mol. The zero-order chi connectivity index (χ0) is 13.7. The lowest BCUT2D eigenvalue weighted by molar-refractivity contribution is -0.125. The zero-order valence-corrected chi connectivity index (χ0v) is 11.3. The Balaban J connectivity index is 2.02. The Bertz CT molecular complexity index is 565. The van der Waals surface area contributed by atoms with Gasteiger partial charge in [0, 0.05) is 13.2 Å². The van der Waals surface area contributed by atoms with Crippen molar-refractivity contribution >= 4 is 16.7 Å². The highest BCUT2D eigenvalue weighted by molar-refractivity contribution is 5.83. The maximum Gasteiger partial charge on any atom is 0.246 e. The second-order valence-corrected chi connectivity index (χ2v) is 4.79. The molecule has 3 nitrogen and oxygen atoms in total. The molecule has 0 saturated carbocycles. The van der Waals surface area contributed by atoms with Crippen LogP contribution in [0.1, 0.15) is 12.5 Å². The number of carbonyl (C=O) groups excluding carboxylic acids is 1. The molecule has 0 aliphatic carbocycles. The average molecular weight is 257 g/mol. The van der Waals surface area contributed by atoms with Crippen LogP contribution >= 0.6 is 0 Å². The molecule has 0 spiro atoms. The van der Waals surface area contributed by atoms with Crippen LogP contribution in [0.3, 0.4) is 0 Å².